The highest BCUT2D eigenvalue weighted by Crippen LogP contribution is 2.73. The van der Waals surface area contributed by atoms with E-state index in [1.807, 2.05) is 65.0 Å². The highest BCUT2D eigenvalue weighted by atomic mass is 16.7. The lowest BCUT2D eigenvalue weighted by atomic mass is 9.41. The zero-order chi connectivity index (χ0) is 52.6. The van der Waals surface area contributed by atoms with Crippen LogP contribution < -0.4 is 0 Å². The summed E-state index contributed by atoms with van der Waals surface area (Å²) in [6.07, 6.45) is 5.38. The molecule has 15 heteroatoms. The fourth-order valence-corrected chi connectivity index (χ4v) is 15.4. The molecule has 24 unspecified atom stereocenters. The van der Waals surface area contributed by atoms with Gasteiger partial charge < -0.3 is 63.1 Å². The fourth-order valence-electron chi connectivity index (χ4n) is 15.4. The SMILES string of the molecule is CC1CC(OC2C(C)CC(OC3C(C)CC(OC4C(C)CC(OC5CCC6(C)C(=CCC7(O)C6CC(OC(=O)/C=C/c6ccccc6)C6(C)C(C)(C(=O)O)CCC76O)C5)OC4C)OC3C)OC2C)OC(C)C1O. The van der Waals surface area contributed by atoms with E-state index in [4.69, 9.17) is 42.6 Å². The number of hydrogen-bond donors (Lipinski definition) is 4. The Morgan fingerprint density at radius 3 is 1.67 bits per heavy atom. The minimum absolute atomic E-state index is 0.0644. The van der Waals surface area contributed by atoms with Crippen molar-refractivity contribution in [3.63, 3.8) is 0 Å². The Kier molecular flexibility index (Phi) is 15.7. The van der Waals surface area contributed by atoms with E-state index in [0.29, 0.717) is 44.9 Å². The topological polar surface area (TPSA) is 198 Å². The van der Waals surface area contributed by atoms with Crippen molar-refractivity contribution in [2.45, 2.75) is 244 Å². The van der Waals surface area contributed by atoms with Gasteiger partial charge in [0.25, 0.3) is 0 Å². The number of carbonyl (C=O) groups excluding carboxylic acids is 1. The summed E-state index contributed by atoms with van der Waals surface area (Å²) < 4.78 is 58.5. The number of rotatable bonds is 12. The predicted octanol–water partition coefficient (Wildman–Crippen LogP) is 8.49. The lowest BCUT2D eigenvalue weighted by Gasteiger charge is -2.67. The molecule has 1 aromatic carbocycles. The molecule has 4 aliphatic carbocycles. The Balaban J connectivity index is 0.790. The van der Waals surface area contributed by atoms with Crippen LogP contribution in [0, 0.1) is 45.8 Å². The van der Waals surface area contributed by atoms with Crippen molar-refractivity contribution in [2.24, 2.45) is 45.8 Å². The maximum Gasteiger partial charge on any atom is 0.331 e. The van der Waals surface area contributed by atoms with Gasteiger partial charge in [-0.3, -0.25) is 4.79 Å². The number of esters is 1. The molecule has 9 rings (SSSR count). The molecular weight excluding hydrogens is 937 g/mol. The normalized spacial score (nSPS) is 50.1. The predicted molar refractivity (Wildman–Crippen MR) is 269 cm³/mol. The third-order valence-corrected chi connectivity index (χ3v) is 20.0. The molecule has 4 N–H and O–H groups in total. The summed E-state index contributed by atoms with van der Waals surface area (Å²) in [4.78, 5) is 26.7. The molecule has 8 aliphatic rings. The van der Waals surface area contributed by atoms with Crippen molar-refractivity contribution in [1.82, 2.24) is 0 Å². The molecule has 0 aromatic heterocycles. The van der Waals surface area contributed by atoms with Gasteiger partial charge in [0.1, 0.15) is 17.3 Å². The van der Waals surface area contributed by atoms with E-state index in [2.05, 4.69) is 33.8 Å². The van der Waals surface area contributed by atoms with E-state index in [1.165, 1.54) is 6.08 Å². The molecule has 24 atom stereocenters. The first kappa shape index (κ1) is 55.0. The summed E-state index contributed by atoms with van der Waals surface area (Å²) in [6.45, 7) is 22.0. The molecule has 408 valence electrons. The van der Waals surface area contributed by atoms with Crippen LogP contribution in [0.5, 0.6) is 0 Å². The van der Waals surface area contributed by atoms with E-state index >= 15 is 0 Å². The van der Waals surface area contributed by atoms with Gasteiger partial charge in [0.05, 0.1) is 65.8 Å². The van der Waals surface area contributed by atoms with Gasteiger partial charge in [-0.2, -0.15) is 0 Å². The number of carboxylic acid groups (broad SMARTS) is 1. The number of ether oxygens (including phenoxy) is 9. The summed E-state index contributed by atoms with van der Waals surface area (Å²) >= 11 is 0. The van der Waals surface area contributed by atoms with E-state index in [-0.39, 0.29) is 104 Å². The van der Waals surface area contributed by atoms with E-state index < -0.39 is 76.4 Å². The van der Waals surface area contributed by atoms with Gasteiger partial charge in [-0.1, -0.05) is 83.5 Å². The maximum absolute atomic E-state index is 13.6. The van der Waals surface area contributed by atoms with Gasteiger partial charge in [0.2, 0.25) is 0 Å². The van der Waals surface area contributed by atoms with E-state index in [9.17, 15) is 30.0 Å². The number of aliphatic hydroxyl groups is 3. The van der Waals surface area contributed by atoms with Gasteiger partial charge in [-0.15, -0.1) is 0 Å². The zero-order valence-corrected chi connectivity index (χ0v) is 45.1. The lowest BCUT2D eigenvalue weighted by molar-refractivity contribution is -0.332. The monoisotopic (exact) mass is 1020 g/mol. The van der Waals surface area contributed by atoms with E-state index in [0.717, 1.165) is 11.1 Å². The lowest BCUT2D eigenvalue weighted by Crippen LogP contribution is -2.77. The number of benzene rings is 1. The smallest absolute Gasteiger partial charge is 0.331 e. The summed E-state index contributed by atoms with van der Waals surface area (Å²) in [5.74, 6) is -1.71. The third-order valence-electron chi connectivity index (χ3n) is 20.0. The highest BCUT2D eigenvalue weighted by molar-refractivity contribution is 5.87. The summed E-state index contributed by atoms with van der Waals surface area (Å²) in [5, 5.41) is 47.1. The molecular formula is C58H86O15. The number of hydrogen-bond acceptors (Lipinski definition) is 14. The highest BCUT2D eigenvalue weighted by Gasteiger charge is 2.81. The standard InChI is InChI=1S/C58H86O15/c1-31-25-46(65-35(5)49(31)60)71-51-33(3)27-48(67-37(51)7)73-52-34(4)28-47(68-38(52)8)72-50-32(2)26-45(66-36(50)6)69-41-20-21-54(9)40(29-41)19-22-57(63)42(54)30-43(70-44(59)18-17-39-15-13-12-14-16-39)56(11)55(10,53(61)62)23-24-58(56,57)64/h12-19,31-38,41-43,45-52,60,63-64H,20-30H2,1-11H3,(H,61,62)/b18-17+. The molecule has 0 radical (unpaired) electrons. The van der Waals surface area contributed by atoms with Crippen LogP contribution in [0.15, 0.2) is 48.1 Å². The first-order valence-corrected chi connectivity index (χ1v) is 27.6. The van der Waals surface area contributed by atoms with Gasteiger partial charge in [0.15, 0.2) is 25.2 Å². The Hall–Kier alpha value is -2.80. The second-order valence-electron chi connectivity index (χ2n) is 24.7. The van der Waals surface area contributed by atoms with Crippen molar-refractivity contribution in [1.29, 1.82) is 0 Å². The molecule has 4 aliphatic heterocycles. The molecule has 3 saturated carbocycles. The number of carboxylic acids is 1. The van der Waals surface area contributed by atoms with Crippen molar-refractivity contribution in [2.75, 3.05) is 0 Å². The van der Waals surface area contributed by atoms with Crippen LogP contribution in [-0.2, 0) is 52.2 Å². The van der Waals surface area contributed by atoms with Crippen LogP contribution in [0.4, 0.5) is 0 Å². The van der Waals surface area contributed by atoms with Crippen LogP contribution in [-0.4, -0.2) is 130 Å². The largest absolute Gasteiger partial charge is 0.481 e. The Morgan fingerprint density at radius 2 is 1.16 bits per heavy atom. The van der Waals surface area contributed by atoms with Crippen LogP contribution in [0.3, 0.4) is 0 Å². The summed E-state index contributed by atoms with van der Waals surface area (Å²) in [7, 11) is 0. The Morgan fingerprint density at radius 1 is 0.658 bits per heavy atom. The van der Waals surface area contributed by atoms with Crippen LogP contribution >= 0.6 is 0 Å². The molecule has 4 heterocycles. The maximum atomic E-state index is 13.6. The summed E-state index contributed by atoms with van der Waals surface area (Å²) in [6, 6.07) is 9.38. The van der Waals surface area contributed by atoms with Crippen molar-refractivity contribution in [3.05, 3.63) is 53.6 Å². The second-order valence-corrected chi connectivity index (χ2v) is 24.7. The molecule has 4 saturated heterocycles. The molecule has 15 nitrogen and oxygen atoms in total. The van der Waals surface area contributed by atoms with Crippen LogP contribution in [0.25, 0.3) is 6.08 Å². The quantitative estimate of drug-likeness (QED) is 0.0883. The third kappa shape index (κ3) is 9.84. The van der Waals surface area contributed by atoms with Gasteiger partial charge in [-0.25, -0.2) is 4.79 Å². The molecule has 1 aromatic rings. The Bertz CT molecular complexity index is 2140. The van der Waals surface area contributed by atoms with Gasteiger partial charge in [-0.05, 0) is 120 Å². The number of aliphatic hydroxyl groups excluding tert-OH is 1. The first-order chi connectivity index (χ1) is 34.4. The van der Waals surface area contributed by atoms with Gasteiger partial charge in [0, 0.05) is 37.7 Å². The van der Waals surface area contributed by atoms with Crippen molar-refractivity contribution < 1.29 is 72.6 Å². The zero-order valence-electron chi connectivity index (χ0n) is 45.1. The fraction of sp³-hybridized carbons (Fsp3) is 0.793. The first-order valence-electron chi connectivity index (χ1n) is 27.6. The summed E-state index contributed by atoms with van der Waals surface area (Å²) in [5.41, 5.74) is -5.09. The molecule has 0 bridgehead atoms. The average Bonchev–Trinajstić information content (AvgIpc) is 3.56. The van der Waals surface area contributed by atoms with Gasteiger partial charge >= 0.3 is 11.9 Å². The average molecular weight is 1020 g/mol. The van der Waals surface area contributed by atoms with Crippen molar-refractivity contribution in [3.8, 4) is 0 Å². The van der Waals surface area contributed by atoms with Crippen LogP contribution in [0.2, 0.25) is 0 Å². The second kappa shape index (κ2) is 20.9. The number of carbonyl (C=O) groups is 2. The Labute approximate surface area is 433 Å². The molecule has 0 spiro atoms. The van der Waals surface area contributed by atoms with E-state index in [1.54, 1.807) is 19.9 Å². The molecule has 7 fully saturated rings. The molecule has 73 heavy (non-hydrogen) atoms. The van der Waals surface area contributed by atoms with Crippen molar-refractivity contribution >= 4 is 18.0 Å². The number of fused-ring (bicyclic) bond motifs is 5. The minimum Gasteiger partial charge on any atom is -0.481 e. The molecule has 0 amide bonds. The van der Waals surface area contributed by atoms with Crippen LogP contribution in [0.1, 0.15) is 152 Å². The number of aliphatic carboxylic acids is 1. The minimum atomic E-state index is -1.85.